The molecule has 1 aliphatic heterocycles. The number of anilines is 3. The number of nitrogens with two attached hydrogens (primary N) is 1. The summed E-state index contributed by atoms with van der Waals surface area (Å²) in [6.45, 7) is 0.692. The van der Waals surface area contributed by atoms with Crippen LogP contribution in [0.5, 0.6) is 0 Å². The van der Waals surface area contributed by atoms with E-state index >= 15 is 0 Å². The fourth-order valence-electron chi connectivity index (χ4n) is 6.37. The van der Waals surface area contributed by atoms with Crippen molar-refractivity contribution in [3.05, 3.63) is 35.9 Å². The van der Waals surface area contributed by atoms with Crippen molar-refractivity contribution < 1.29 is 27.2 Å². The van der Waals surface area contributed by atoms with Crippen LogP contribution in [0.4, 0.5) is 39.8 Å². The summed E-state index contributed by atoms with van der Waals surface area (Å²) in [4.78, 5) is 32.1. The van der Waals surface area contributed by atoms with Crippen LogP contribution >= 0.6 is 0 Å². The first-order valence-electron chi connectivity index (χ1n) is 15.3. The van der Waals surface area contributed by atoms with Gasteiger partial charge in [-0.05, 0) is 69.6 Å². The number of carbonyl (C=O) groups excluding carboxylic acids is 1. The number of hydroxylamine groups is 2. The van der Waals surface area contributed by atoms with Crippen molar-refractivity contribution in [3.63, 3.8) is 0 Å². The fraction of sp³-hybridized carbons (Fsp3) is 0.586. The third kappa shape index (κ3) is 6.98. The Morgan fingerprint density at radius 1 is 0.955 bits per heavy atom. The van der Waals surface area contributed by atoms with Gasteiger partial charge in [0, 0.05) is 37.3 Å². The lowest BCUT2D eigenvalue weighted by molar-refractivity contribution is -0.137. The van der Waals surface area contributed by atoms with Crippen molar-refractivity contribution in [2.24, 2.45) is 5.73 Å². The van der Waals surface area contributed by atoms with Gasteiger partial charge >= 0.3 is 12.3 Å². The minimum atomic E-state index is -4.84. The number of aromatic nitrogens is 4. The molecule has 3 aromatic rings. The van der Waals surface area contributed by atoms with Gasteiger partial charge in [-0.1, -0.05) is 12.8 Å². The molecule has 5 N–H and O–H groups in total. The SMILES string of the molecule is NC1CCC(Nc2nc(NC3CCN(OC(=O)Nc4ccc(F)cc4C(F)(F)F)CC3)c3ncn(C4CCCC4)c3n2)CC1. The van der Waals surface area contributed by atoms with E-state index in [1.54, 1.807) is 0 Å². The smallest absolute Gasteiger partial charge is 0.365 e. The van der Waals surface area contributed by atoms with Crippen molar-refractivity contribution in [3.8, 4) is 0 Å². The molecule has 44 heavy (non-hydrogen) atoms. The second-order valence-electron chi connectivity index (χ2n) is 12.0. The molecule has 2 aliphatic carbocycles. The summed E-state index contributed by atoms with van der Waals surface area (Å²) in [5.41, 5.74) is 5.72. The molecule has 2 saturated carbocycles. The number of benzene rings is 1. The third-order valence-electron chi connectivity index (χ3n) is 8.78. The van der Waals surface area contributed by atoms with E-state index in [0.29, 0.717) is 55.3 Å². The van der Waals surface area contributed by atoms with Crippen LogP contribution in [0.3, 0.4) is 0 Å². The highest BCUT2D eigenvalue weighted by molar-refractivity contribution is 5.86. The van der Waals surface area contributed by atoms with Crippen LogP contribution < -0.4 is 21.7 Å². The molecular formula is C29H37F4N9O2. The molecule has 1 aromatic carbocycles. The Kier molecular flexibility index (Phi) is 8.76. The first kappa shape index (κ1) is 30.3. The van der Waals surface area contributed by atoms with E-state index in [1.165, 1.54) is 17.9 Å². The Labute approximate surface area is 251 Å². The molecule has 6 rings (SSSR count). The van der Waals surface area contributed by atoms with Crippen molar-refractivity contribution in [2.45, 2.75) is 94.6 Å². The molecule has 3 fully saturated rings. The molecule has 1 saturated heterocycles. The predicted molar refractivity (Wildman–Crippen MR) is 156 cm³/mol. The van der Waals surface area contributed by atoms with Crippen LogP contribution in [-0.4, -0.2) is 61.9 Å². The second-order valence-corrected chi connectivity index (χ2v) is 12.0. The van der Waals surface area contributed by atoms with E-state index < -0.39 is 29.3 Å². The standard InChI is InChI=1S/C29H37F4N9O2/c30-17-5-10-23(22(15-17)29(31,32)33)38-28(43)44-41-13-11-20(12-14-41)36-25-24-26(42(16-35-24)21-3-1-2-4-21)40-27(39-25)37-19-8-6-18(34)7-9-19/h5,10,15-16,18-21H,1-4,6-9,11-14,34H2,(H,38,43)(H2,36,37,39,40). The first-order valence-corrected chi connectivity index (χ1v) is 15.3. The lowest BCUT2D eigenvalue weighted by Gasteiger charge is -2.31. The van der Waals surface area contributed by atoms with E-state index in [1.807, 2.05) is 6.33 Å². The Morgan fingerprint density at radius 3 is 2.36 bits per heavy atom. The molecule has 0 spiro atoms. The van der Waals surface area contributed by atoms with E-state index in [2.05, 4.69) is 20.5 Å². The minimum Gasteiger partial charge on any atom is -0.365 e. The number of rotatable bonds is 7. The molecule has 238 valence electrons. The second kappa shape index (κ2) is 12.7. The maximum absolute atomic E-state index is 13.4. The number of amides is 1. The maximum atomic E-state index is 13.4. The summed E-state index contributed by atoms with van der Waals surface area (Å²) >= 11 is 0. The molecule has 3 aliphatic rings. The van der Waals surface area contributed by atoms with Gasteiger partial charge in [0.25, 0.3) is 0 Å². The number of carbonyl (C=O) groups is 1. The molecule has 0 unspecified atom stereocenters. The Bertz CT molecular complexity index is 1460. The molecule has 0 atom stereocenters. The molecule has 1 amide bonds. The number of nitrogens with one attached hydrogen (secondary N) is 3. The topological polar surface area (TPSA) is 135 Å². The Balaban J connectivity index is 1.11. The monoisotopic (exact) mass is 619 g/mol. The van der Waals surface area contributed by atoms with Crippen molar-refractivity contribution in [1.29, 1.82) is 0 Å². The Hall–Kier alpha value is -3.72. The molecular weight excluding hydrogens is 582 g/mol. The highest BCUT2D eigenvalue weighted by Crippen LogP contribution is 2.36. The third-order valence-corrected chi connectivity index (χ3v) is 8.78. The van der Waals surface area contributed by atoms with Crippen molar-refractivity contribution in [2.75, 3.05) is 29.0 Å². The number of halogens is 4. The van der Waals surface area contributed by atoms with Gasteiger partial charge in [-0.15, -0.1) is 5.06 Å². The van der Waals surface area contributed by atoms with E-state index in [4.69, 9.17) is 25.5 Å². The fourth-order valence-corrected chi connectivity index (χ4v) is 6.37. The van der Waals surface area contributed by atoms with Gasteiger partial charge in [-0.25, -0.2) is 14.2 Å². The van der Waals surface area contributed by atoms with Crippen molar-refractivity contribution >= 4 is 34.7 Å². The number of fused-ring (bicyclic) bond motifs is 1. The highest BCUT2D eigenvalue weighted by Gasteiger charge is 2.35. The molecule has 15 heteroatoms. The van der Waals surface area contributed by atoms with Gasteiger partial charge in [0.15, 0.2) is 17.0 Å². The van der Waals surface area contributed by atoms with Crippen LogP contribution in [0.1, 0.15) is 75.8 Å². The molecule has 11 nitrogen and oxygen atoms in total. The van der Waals surface area contributed by atoms with Crippen LogP contribution in [0.25, 0.3) is 11.2 Å². The number of nitrogens with zero attached hydrogens (tertiary/aromatic N) is 5. The summed E-state index contributed by atoms with van der Waals surface area (Å²) in [7, 11) is 0. The number of piperidine rings is 1. The van der Waals surface area contributed by atoms with E-state index in [-0.39, 0.29) is 18.1 Å². The summed E-state index contributed by atoms with van der Waals surface area (Å²) in [5.74, 6) is 0.130. The zero-order chi connectivity index (χ0) is 30.8. The van der Waals surface area contributed by atoms with Gasteiger partial charge in [0.1, 0.15) is 5.82 Å². The van der Waals surface area contributed by atoms with E-state index in [0.717, 1.165) is 56.3 Å². The minimum absolute atomic E-state index is 0.0119. The zero-order valence-electron chi connectivity index (χ0n) is 24.2. The van der Waals surface area contributed by atoms with Gasteiger partial charge in [-0.2, -0.15) is 23.1 Å². The summed E-state index contributed by atoms with van der Waals surface area (Å²) in [5, 5.41) is 10.5. The van der Waals surface area contributed by atoms with Crippen LogP contribution in [-0.2, 0) is 11.0 Å². The highest BCUT2D eigenvalue weighted by atomic mass is 19.4. The van der Waals surface area contributed by atoms with Crippen LogP contribution in [0.15, 0.2) is 24.5 Å². The van der Waals surface area contributed by atoms with Gasteiger partial charge in [-0.3, -0.25) is 5.32 Å². The number of alkyl halides is 3. The number of hydrogen-bond donors (Lipinski definition) is 4. The first-order chi connectivity index (χ1) is 21.1. The summed E-state index contributed by atoms with van der Waals surface area (Å²) < 4.78 is 55.4. The average molecular weight is 620 g/mol. The summed E-state index contributed by atoms with van der Waals surface area (Å²) in [6.07, 6.45) is 5.45. The normalized spacial score (nSPS) is 22.3. The van der Waals surface area contributed by atoms with E-state index in [9.17, 15) is 22.4 Å². The van der Waals surface area contributed by atoms with Gasteiger partial charge < -0.3 is 25.8 Å². The lowest BCUT2D eigenvalue weighted by atomic mass is 9.92. The Morgan fingerprint density at radius 2 is 1.66 bits per heavy atom. The number of imidazole rings is 1. The average Bonchev–Trinajstić information content (AvgIpc) is 3.66. The number of hydrogen-bond acceptors (Lipinski definition) is 9. The van der Waals surface area contributed by atoms with Crippen molar-refractivity contribution in [1.82, 2.24) is 24.6 Å². The zero-order valence-corrected chi connectivity index (χ0v) is 24.2. The van der Waals surface area contributed by atoms with Crippen LogP contribution in [0, 0.1) is 5.82 Å². The summed E-state index contributed by atoms with van der Waals surface area (Å²) in [6, 6.07) is 2.86. The quantitative estimate of drug-likeness (QED) is 0.241. The predicted octanol–water partition coefficient (Wildman–Crippen LogP) is 5.82. The molecule has 3 heterocycles. The largest absolute Gasteiger partial charge is 0.430 e. The van der Waals surface area contributed by atoms with Gasteiger partial charge in [0.05, 0.1) is 17.6 Å². The molecule has 0 bridgehead atoms. The maximum Gasteiger partial charge on any atom is 0.430 e. The lowest BCUT2D eigenvalue weighted by Crippen LogP contribution is -2.41. The molecule has 0 radical (unpaired) electrons. The van der Waals surface area contributed by atoms with Gasteiger partial charge in [0.2, 0.25) is 5.95 Å². The molecule has 2 aromatic heterocycles. The van der Waals surface area contributed by atoms with Crippen LogP contribution in [0.2, 0.25) is 0 Å².